The van der Waals surface area contributed by atoms with E-state index in [-0.39, 0.29) is 11.9 Å². The van der Waals surface area contributed by atoms with Gasteiger partial charge in [0.25, 0.3) is 5.91 Å². The summed E-state index contributed by atoms with van der Waals surface area (Å²) in [5, 5.41) is 15.9. The Labute approximate surface area is 99.0 Å². The van der Waals surface area contributed by atoms with E-state index in [1.54, 1.807) is 6.92 Å². The number of rotatable bonds is 5. The smallest absolute Gasteiger partial charge is 0.265 e. The van der Waals surface area contributed by atoms with Gasteiger partial charge in [-0.05, 0) is 38.2 Å². The fraction of sp³-hybridized carbons (Fsp3) is 0.700. The Hall–Kier alpha value is -1.01. The third-order valence-corrected chi connectivity index (χ3v) is 2.94. The molecule has 1 amide bonds. The van der Waals surface area contributed by atoms with E-state index in [2.05, 4.69) is 14.9 Å². The van der Waals surface area contributed by atoms with Crippen LogP contribution in [0, 0.1) is 0 Å². The van der Waals surface area contributed by atoms with Gasteiger partial charge in [-0.3, -0.25) is 4.79 Å². The first-order valence-electron chi connectivity index (χ1n) is 5.34. The molecule has 0 saturated heterocycles. The summed E-state index contributed by atoms with van der Waals surface area (Å²) in [5.74, 6) is -0.153. The molecule has 16 heavy (non-hydrogen) atoms. The van der Waals surface area contributed by atoms with Crippen LogP contribution in [0.15, 0.2) is 0 Å². The number of aliphatic hydroxyl groups is 1. The molecule has 0 aliphatic heterocycles. The average molecular weight is 243 g/mol. The lowest BCUT2D eigenvalue weighted by Crippen LogP contribution is -2.34. The first-order chi connectivity index (χ1) is 7.54. The van der Waals surface area contributed by atoms with Gasteiger partial charge in [0, 0.05) is 6.04 Å². The van der Waals surface area contributed by atoms with Crippen LogP contribution >= 0.6 is 11.5 Å². The van der Waals surface area contributed by atoms with Gasteiger partial charge in [-0.25, -0.2) is 0 Å². The van der Waals surface area contributed by atoms with Crippen molar-refractivity contribution in [2.75, 3.05) is 0 Å². The van der Waals surface area contributed by atoms with Crippen LogP contribution < -0.4 is 5.32 Å². The number of hydrogen-bond acceptors (Lipinski definition) is 5. The number of amides is 1. The third-order valence-electron chi connectivity index (χ3n) is 2.17. The molecule has 1 aromatic rings. The zero-order chi connectivity index (χ0) is 12.1. The molecule has 0 aliphatic rings. The van der Waals surface area contributed by atoms with Gasteiger partial charge in [-0.2, -0.15) is 0 Å². The summed E-state index contributed by atoms with van der Waals surface area (Å²) in [5.41, 5.74) is 0.728. The van der Waals surface area contributed by atoms with E-state index in [9.17, 15) is 9.90 Å². The standard InChI is InChI=1S/C10H17N3O2S/c1-4-8-9(16-13-12-8)10(15)11-6(2)5-7(3)14/h6-7,14H,4-5H2,1-3H3,(H,11,15). The fourth-order valence-electron chi connectivity index (χ4n) is 1.47. The van der Waals surface area contributed by atoms with E-state index in [0.717, 1.165) is 17.2 Å². The normalized spacial score (nSPS) is 14.5. The first-order valence-corrected chi connectivity index (χ1v) is 6.12. The van der Waals surface area contributed by atoms with Gasteiger partial charge >= 0.3 is 0 Å². The molecule has 5 nitrogen and oxygen atoms in total. The zero-order valence-electron chi connectivity index (χ0n) is 9.73. The van der Waals surface area contributed by atoms with Crippen molar-refractivity contribution in [2.24, 2.45) is 0 Å². The molecule has 0 aliphatic carbocycles. The Morgan fingerprint density at radius 3 is 2.81 bits per heavy atom. The van der Waals surface area contributed by atoms with Crippen molar-refractivity contribution in [2.45, 2.75) is 45.8 Å². The highest BCUT2D eigenvalue weighted by Gasteiger charge is 2.17. The minimum atomic E-state index is -0.416. The van der Waals surface area contributed by atoms with Gasteiger partial charge in [0.05, 0.1) is 11.8 Å². The second kappa shape index (κ2) is 5.91. The Morgan fingerprint density at radius 2 is 2.25 bits per heavy atom. The van der Waals surface area contributed by atoms with E-state index in [4.69, 9.17) is 0 Å². The molecular formula is C10H17N3O2S. The number of aryl methyl sites for hydroxylation is 1. The van der Waals surface area contributed by atoms with E-state index < -0.39 is 6.10 Å². The molecule has 6 heteroatoms. The highest BCUT2D eigenvalue weighted by Crippen LogP contribution is 2.11. The van der Waals surface area contributed by atoms with Crippen LogP contribution in [0.5, 0.6) is 0 Å². The summed E-state index contributed by atoms with van der Waals surface area (Å²) in [7, 11) is 0. The molecular weight excluding hydrogens is 226 g/mol. The van der Waals surface area contributed by atoms with Crippen LogP contribution in [-0.4, -0.2) is 32.7 Å². The van der Waals surface area contributed by atoms with Gasteiger partial charge in [0.1, 0.15) is 4.88 Å². The summed E-state index contributed by atoms with van der Waals surface area (Å²) in [6.07, 6.45) is 0.823. The van der Waals surface area contributed by atoms with E-state index in [1.807, 2.05) is 13.8 Å². The molecule has 1 rings (SSSR count). The number of aliphatic hydroxyl groups excluding tert-OH is 1. The molecule has 2 unspecified atom stereocenters. The van der Waals surface area contributed by atoms with Crippen LogP contribution in [-0.2, 0) is 6.42 Å². The minimum Gasteiger partial charge on any atom is -0.393 e. The predicted octanol–water partition coefficient (Wildman–Crippen LogP) is 0.990. The molecule has 0 fully saturated rings. The molecule has 1 aromatic heterocycles. The summed E-state index contributed by atoms with van der Waals surface area (Å²) < 4.78 is 3.76. The van der Waals surface area contributed by atoms with Crippen LogP contribution in [0.1, 0.15) is 42.6 Å². The maximum atomic E-state index is 11.8. The minimum absolute atomic E-state index is 0.0562. The summed E-state index contributed by atoms with van der Waals surface area (Å²) in [6, 6.07) is -0.0562. The predicted molar refractivity (Wildman–Crippen MR) is 62.5 cm³/mol. The van der Waals surface area contributed by atoms with Gasteiger partial charge in [0.15, 0.2) is 0 Å². The summed E-state index contributed by atoms with van der Waals surface area (Å²) in [4.78, 5) is 12.4. The zero-order valence-corrected chi connectivity index (χ0v) is 10.5. The Kier molecular flexibility index (Phi) is 4.82. The largest absolute Gasteiger partial charge is 0.393 e. The summed E-state index contributed by atoms with van der Waals surface area (Å²) >= 11 is 1.11. The Balaban J connectivity index is 2.58. The molecule has 0 aromatic carbocycles. The van der Waals surface area contributed by atoms with Gasteiger partial charge in [0.2, 0.25) is 0 Å². The van der Waals surface area contributed by atoms with E-state index in [1.165, 1.54) is 0 Å². The van der Waals surface area contributed by atoms with Crippen molar-refractivity contribution >= 4 is 17.4 Å². The van der Waals surface area contributed by atoms with Crippen molar-refractivity contribution < 1.29 is 9.90 Å². The molecule has 0 spiro atoms. The SMILES string of the molecule is CCc1nnsc1C(=O)NC(C)CC(C)O. The summed E-state index contributed by atoms with van der Waals surface area (Å²) in [6.45, 7) is 5.51. The van der Waals surface area contributed by atoms with Crippen LogP contribution in [0.25, 0.3) is 0 Å². The van der Waals surface area contributed by atoms with Crippen molar-refractivity contribution in [3.63, 3.8) is 0 Å². The number of carbonyl (C=O) groups excluding carboxylic acids is 1. The second-order valence-corrected chi connectivity index (χ2v) is 4.62. The molecule has 2 atom stereocenters. The van der Waals surface area contributed by atoms with Crippen molar-refractivity contribution in [1.82, 2.24) is 14.9 Å². The van der Waals surface area contributed by atoms with Crippen molar-refractivity contribution in [3.8, 4) is 0 Å². The lowest BCUT2D eigenvalue weighted by Gasteiger charge is -2.14. The molecule has 0 saturated carbocycles. The molecule has 0 bridgehead atoms. The lowest BCUT2D eigenvalue weighted by molar-refractivity contribution is 0.0926. The number of nitrogens with zero attached hydrogens (tertiary/aromatic N) is 2. The van der Waals surface area contributed by atoms with Crippen molar-refractivity contribution in [1.29, 1.82) is 0 Å². The van der Waals surface area contributed by atoms with E-state index in [0.29, 0.717) is 17.7 Å². The van der Waals surface area contributed by atoms with Gasteiger partial charge in [-0.15, -0.1) is 5.10 Å². The fourth-order valence-corrected chi connectivity index (χ4v) is 2.13. The van der Waals surface area contributed by atoms with Crippen LogP contribution in [0.3, 0.4) is 0 Å². The second-order valence-electron chi connectivity index (χ2n) is 3.86. The number of nitrogens with one attached hydrogen (secondary N) is 1. The van der Waals surface area contributed by atoms with Gasteiger partial charge in [-0.1, -0.05) is 11.4 Å². The Bertz CT molecular complexity index is 352. The molecule has 2 N–H and O–H groups in total. The maximum absolute atomic E-state index is 11.8. The number of hydrogen-bond donors (Lipinski definition) is 2. The molecule has 0 radical (unpaired) electrons. The maximum Gasteiger partial charge on any atom is 0.265 e. The van der Waals surface area contributed by atoms with Crippen LogP contribution in [0.2, 0.25) is 0 Å². The van der Waals surface area contributed by atoms with Crippen LogP contribution in [0.4, 0.5) is 0 Å². The number of aromatic nitrogens is 2. The average Bonchev–Trinajstić information content (AvgIpc) is 2.63. The molecule has 90 valence electrons. The highest BCUT2D eigenvalue weighted by molar-refractivity contribution is 7.08. The Morgan fingerprint density at radius 1 is 1.56 bits per heavy atom. The van der Waals surface area contributed by atoms with Gasteiger partial charge < -0.3 is 10.4 Å². The van der Waals surface area contributed by atoms with E-state index >= 15 is 0 Å². The topological polar surface area (TPSA) is 75.1 Å². The van der Waals surface area contributed by atoms with Crippen molar-refractivity contribution in [3.05, 3.63) is 10.6 Å². The monoisotopic (exact) mass is 243 g/mol. The highest BCUT2D eigenvalue weighted by atomic mass is 32.1. The third kappa shape index (κ3) is 3.53. The first kappa shape index (κ1) is 13.1. The number of carbonyl (C=O) groups is 1. The lowest BCUT2D eigenvalue weighted by atomic mass is 10.1. The molecule has 1 heterocycles. The quantitative estimate of drug-likeness (QED) is 0.808.